The van der Waals surface area contributed by atoms with Crippen LogP contribution in [0, 0.1) is 19.8 Å². The first-order valence-electron chi connectivity index (χ1n) is 7.45. The lowest BCUT2D eigenvalue weighted by Gasteiger charge is -2.37. The van der Waals surface area contributed by atoms with Crippen LogP contribution in [0.25, 0.3) is 0 Å². The first kappa shape index (κ1) is 16.1. The second-order valence-corrected chi connectivity index (χ2v) is 6.91. The number of thioether (sulfide) groups is 1. The van der Waals surface area contributed by atoms with Crippen LogP contribution in [0.4, 0.5) is 5.69 Å². The zero-order chi connectivity index (χ0) is 16.6. The molecule has 0 saturated carbocycles. The summed E-state index contributed by atoms with van der Waals surface area (Å²) in [5.74, 6) is -1.23. The number of carbonyl (C=O) groups excluding carboxylic acids is 1. The Balaban J connectivity index is 1.77. The fraction of sp³-hybridized carbons (Fsp3) is 0.467. The van der Waals surface area contributed by atoms with Crippen molar-refractivity contribution in [3.8, 4) is 0 Å². The van der Waals surface area contributed by atoms with Gasteiger partial charge in [-0.15, -0.1) is 11.8 Å². The number of benzene rings is 1. The first-order valence-corrected chi connectivity index (χ1v) is 8.50. The summed E-state index contributed by atoms with van der Waals surface area (Å²) in [6, 6.07) is 6.16. The molecule has 0 spiro atoms. The minimum atomic E-state index is -0.899. The second-order valence-electron chi connectivity index (χ2n) is 5.81. The highest BCUT2D eigenvalue weighted by Crippen LogP contribution is 2.28. The number of aliphatic carboxylic acids is 1. The molecule has 2 saturated heterocycles. The van der Waals surface area contributed by atoms with Gasteiger partial charge in [-0.25, -0.2) is 5.43 Å². The Bertz CT molecular complexity index is 639. The molecule has 2 fully saturated rings. The van der Waals surface area contributed by atoms with Gasteiger partial charge in [0.05, 0.1) is 17.4 Å². The van der Waals surface area contributed by atoms with E-state index in [0.717, 1.165) is 17.4 Å². The number of aryl methyl sites for hydroxylation is 2. The molecule has 1 aromatic rings. The normalized spacial score (nSPS) is 26.8. The van der Waals surface area contributed by atoms with Gasteiger partial charge in [0.2, 0.25) is 5.91 Å². The number of carboxylic acid groups (broad SMARTS) is 1. The third-order valence-electron chi connectivity index (χ3n) is 4.22. The summed E-state index contributed by atoms with van der Waals surface area (Å²) in [6.45, 7) is 4.66. The minimum Gasteiger partial charge on any atom is -0.481 e. The van der Waals surface area contributed by atoms with E-state index in [2.05, 4.69) is 42.0 Å². The molecule has 7 nitrogen and oxygen atoms in total. The highest BCUT2D eigenvalue weighted by Gasteiger charge is 2.44. The molecule has 4 N–H and O–H groups in total. The van der Waals surface area contributed by atoms with Crippen molar-refractivity contribution in [1.82, 2.24) is 16.1 Å². The maximum Gasteiger partial charge on any atom is 0.313 e. The van der Waals surface area contributed by atoms with Crippen LogP contribution in [0.1, 0.15) is 11.1 Å². The van der Waals surface area contributed by atoms with Gasteiger partial charge in [-0.05, 0) is 37.1 Å². The summed E-state index contributed by atoms with van der Waals surface area (Å²) in [5, 5.41) is 16.9. The number of hydrazine groups is 1. The van der Waals surface area contributed by atoms with Crippen molar-refractivity contribution in [2.45, 2.75) is 25.5 Å². The lowest BCUT2D eigenvalue weighted by atomic mass is 10.0. The molecule has 2 aliphatic heterocycles. The molecule has 0 aliphatic carbocycles. The van der Waals surface area contributed by atoms with E-state index in [9.17, 15) is 9.59 Å². The summed E-state index contributed by atoms with van der Waals surface area (Å²) in [5.41, 5.74) is 6.25. The van der Waals surface area contributed by atoms with Crippen molar-refractivity contribution in [2.75, 3.05) is 17.3 Å². The van der Waals surface area contributed by atoms with Gasteiger partial charge >= 0.3 is 5.97 Å². The Labute approximate surface area is 138 Å². The van der Waals surface area contributed by atoms with Crippen molar-refractivity contribution in [1.29, 1.82) is 0 Å². The maximum absolute atomic E-state index is 12.3. The van der Waals surface area contributed by atoms with Gasteiger partial charge in [0.25, 0.3) is 0 Å². The second kappa shape index (κ2) is 6.38. The van der Waals surface area contributed by atoms with Crippen LogP contribution < -0.4 is 21.1 Å². The number of nitrogens with zero attached hydrogens (tertiary/aromatic N) is 1. The molecule has 0 aromatic heterocycles. The molecule has 124 valence electrons. The van der Waals surface area contributed by atoms with Crippen molar-refractivity contribution < 1.29 is 14.7 Å². The van der Waals surface area contributed by atoms with Gasteiger partial charge in [-0.2, -0.15) is 0 Å². The van der Waals surface area contributed by atoms with Gasteiger partial charge in [0, 0.05) is 6.54 Å². The molecule has 2 aliphatic rings. The molecule has 3 rings (SSSR count). The van der Waals surface area contributed by atoms with Crippen molar-refractivity contribution in [2.24, 2.45) is 5.92 Å². The van der Waals surface area contributed by atoms with Crippen molar-refractivity contribution in [3.63, 3.8) is 0 Å². The van der Waals surface area contributed by atoms with E-state index in [0.29, 0.717) is 6.54 Å². The quantitative estimate of drug-likeness (QED) is 0.632. The fourth-order valence-electron chi connectivity index (χ4n) is 2.82. The number of hydrogen-bond acceptors (Lipinski definition) is 6. The van der Waals surface area contributed by atoms with Crippen molar-refractivity contribution >= 4 is 29.3 Å². The zero-order valence-corrected chi connectivity index (χ0v) is 13.8. The summed E-state index contributed by atoms with van der Waals surface area (Å²) in [4.78, 5) is 23.0. The molecule has 3 unspecified atom stereocenters. The average Bonchev–Trinajstić information content (AvgIpc) is 2.92. The lowest BCUT2D eigenvalue weighted by molar-refractivity contribution is -0.134. The smallest absolute Gasteiger partial charge is 0.313 e. The Kier molecular flexibility index (Phi) is 4.47. The van der Waals surface area contributed by atoms with Crippen LogP contribution in [0.15, 0.2) is 18.2 Å². The van der Waals surface area contributed by atoms with E-state index >= 15 is 0 Å². The number of anilines is 1. The largest absolute Gasteiger partial charge is 0.481 e. The molecule has 0 radical (unpaired) electrons. The van der Waals surface area contributed by atoms with Crippen LogP contribution in [-0.2, 0) is 9.59 Å². The first-order chi connectivity index (χ1) is 11.0. The third kappa shape index (κ3) is 3.29. The van der Waals surface area contributed by atoms with E-state index in [1.165, 1.54) is 11.1 Å². The highest BCUT2D eigenvalue weighted by atomic mass is 32.2. The number of hydrogen-bond donors (Lipinski definition) is 4. The van der Waals surface area contributed by atoms with E-state index in [-0.39, 0.29) is 23.7 Å². The zero-order valence-electron chi connectivity index (χ0n) is 13.0. The van der Waals surface area contributed by atoms with Crippen molar-refractivity contribution in [3.05, 3.63) is 29.3 Å². The number of rotatable bonds is 4. The fourth-order valence-corrected chi connectivity index (χ4v) is 3.56. The van der Waals surface area contributed by atoms with E-state index in [1.54, 1.807) is 0 Å². The van der Waals surface area contributed by atoms with Gasteiger partial charge in [-0.3, -0.25) is 19.9 Å². The Hall–Kier alpha value is -1.77. The minimum absolute atomic E-state index is 0.0597. The summed E-state index contributed by atoms with van der Waals surface area (Å²) in [7, 11) is 0. The molecular weight excluding hydrogens is 316 g/mol. The summed E-state index contributed by atoms with van der Waals surface area (Å²) < 4.78 is 0. The molecule has 8 heteroatoms. The summed E-state index contributed by atoms with van der Waals surface area (Å²) >= 11 is 1.16. The number of fused-ring (bicyclic) bond motifs is 1. The van der Waals surface area contributed by atoms with Gasteiger partial charge in [-0.1, -0.05) is 6.07 Å². The molecular formula is C15H20N4O3S. The van der Waals surface area contributed by atoms with Crippen LogP contribution in [-0.4, -0.2) is 40.9 Å². The molecule has 23 heavy (non-hydrogen) atoms. The molecule has 0 bridgehead atoms. The Morgan fingerprint density at radius 2 is 2.17 bits per heavy atom. The van der Waals surface area contributed by atoms with E-state index in [4.69, 9.17) is 5.11 Å². The predicted molar refractivity (Wildman–Crippen MR) is 88.8 cm³/mol. The Morgan fingerprint density at radius 1 is 1.39 bits per heavy atom. The van der Waals surface area contributed by atoms with Crippen LogP contribution >= 0.6 is 11.8 Å². The van der Waals surface area contributed by atoms with Crippen LogP contribution in [0.3, 0.4) is 0 Å². The standard InChI is InChI=1S/C15H20N4O3S/c1-8-3-4-10(5-9(8)2)19-13-11(6-16-19)14(22)18-15(17-13)23-7-12(20)21/h3-5,11,13,15-17H,6-7H2,1-2H3,(H,18,22)(H,20,21). The monoisotopic (exact) mass is 336 g/mol. The van der Waals surface area contributed by atoms with Gasteiger partial charge in [0.15, 0.2) is 0 Å². The topological polar surface area (TPSA) is 93.7 Å². The van der Waals surface area contributed by atoms with Crippen LogP contribution in [0.5, 0.6) is 0 Å². The highest BCUT2D eigenvalue weighted by molar-refractivity contribution is 8.00. The number of amides is 1. The summed E-state index contributed by atoms with van der Waals surface area (Å²) in [6.07, 6.45) is -0.197. The van der Waals surface area contributed by atoms with Gasteiger partial charge < -0.3 is 10.4 Å². The van der Waals surface area contributed by atoms with E-state index < -0.39 is 11.5 Å². The van der Waals surface area contributed by atoms with Crippen LogP contribution in [0.2, 0.25) is 0 Å². The average molecular weight is 336 g/mol. The number of carboxylic acids is 1. The molecule has 1 aromatic carbocycles. The predicted octanol–water partition coefficient (Wildman–Crippen LogP) is 0.391. The van der Waals surface area contributed by atoms with E-state index in [1.807, 2.05) is 11.1 Å². The number of carbonyl (C=O) groups is 2. The Morgan fingerprint density at radius 3 is 2.87 bits per heavy atom. The SMILES string of the molecule is Cc1ccc(N2NCC3C(=O)NC(SCC(=O)O)NC32)cc1C. The number of nitrogens with one attached hydrogen (secondary N) is 3. The van der Waals surface area contributed by atoms with Gasteiger partial charge in [0.1, 0.15) is 11.7 Å². The third-order valence-corrected chi connectivity index (χ3v) is 5.22. The molecule has 3 atom stereocenters. The lowest BCUT2D eigenvalue weighted by Crippen LogP contribution is -2.63. The maximum atomic E-state index is 12.3. The molecule has 1 amide bonds. The molecule has 2 heterocycles.